The minimum absolute atomic E-state index is 0.176. The van der Waals surface area contributed by atoms with Crippen molar-refractivity contribution in [3.05, 3.63) is 24.3 Å². The molecular formula is C11H12F2N2O3S. The van der Waals surface area contributed by atoms with E-state index < -0.39 is 31.9 Å². The van der Waals surface area contributed by atoms with Gasteiger partial charge >= 0.3 is 5.76 Å². The number of rotatable bonds is 4. The summed E-state index contributed by atoms with van der Waals surface area (Å²) in [7, 11) is -4.77. The molecule has 1 fully saturated rings. The summed E-state index contributed by atoms with van der Waals surface area (Å²) in [4.78, 5) is 11.1. The van der Waals surface area contributed by atoms with E-state index in [1.54, 1.807) is 0 Å². The van der Waals surface area contributed by atoms with Crippen molar-refractivity contribution in [3.63, 3.8) is 0 Å². The third-order valence-corrected chi connectivity index (χ3v) is 4.36. The van der Waals surface area contributed by atoms with Gasteiger partial charge in [-0.2, -0.15) is 8.78 Å². The van der Waals surface area contributed by atoms with E-state index in [1.165, 1.54) is 18.2 Å². The van der Waals surface area contributed by atoms with Gasteiger partial charge in [-0.3, -0.25) is 4.79 Å². The molecule has 8 heteroatoms. The summed E-state index contributed by atoms with van der Waals surface area (Å²) in [6.07, 6.45) is 0.977. The molecule has 1 saturated carbocycles. The van der Waals surface area contributed by atoms with Crippen molar-refractivity contribution in [1.82, 2.24) is 0 Å². The summed E-state index contributed by atoms with van der Waals surface area (Å²) in [5.41, 5.74) is 4.46. The molecule has 1 aliphatic rings. The molecule has 0 heterocycles. The van der Waals surface area contributed by atoms with Crippen LogP contribution in [0.2, 0.25) is 0 Å². The average Bonchev–Trinajstić information content (AvgIpc) is 3.09. The van der Waals surface area contributed by atoms with Gasteiger partial charge in [0.15, 0.2) is 0 Å². The summed E-state index contributed by atoms with van der Waals surface area (Å²) in [6, 6.07) is 5.02. The van der Waals surface area contributed by atoms with Crippen LogP contribution in [-0.2, 0) is 14.6 Å². The Morgan fingerprint density at radius 2 is 1.89 bits per heavy atom. The van der Waals surface area contributed by atoms with Crippen LogP contribution in [-0.4, -0.2) is 25.6 Å². The summed E-state index contributed by atoms with van der Waals surface area (Å²) in [5, 5.41) is 2.30. The second-order valence-electron chi connectivity index (χ2n) is 4.41. The van der Waals surface area contributed by atoms with Crippen LogP contribution in [0.1, 0.15) is 12.8 Å². The molecular weight excluding hydrogens is 278 g/mol. The highest BCUT2D eigenvalue weighted by Crippen LogP contribution is 2.34. The highest BCUT2D eigenvalue weighted by Gasteiger charge is 2.46. The van der Waals surface area contributed by atoms with Gasteiger partial charge in [0.25, 0.3) is 0 Å². The van der Waals surface area contributed by atoms with Crippen LogP contribution in [0.5, 0.6) is 0 Å². The SMILES string of the molecule is NC1(C(=O)Nc2ccccc2S(=O)(=O)C(F)F)CC1. The first-order chi connectivity index (χ1) is 8.77. The molecule has 0 unspecified atom stereocenters. The average molecular weight is 290 g/mol. The summed E-state index contributed by atoms with van der Waals surface area (Å²) in [5.74, 6) is -4.11. The molecule has 0 atom stereocenters. The number of hydrogen-bond acceptors (Lipinski definition) is 4. The number of nitrogens with one attached hydrogen (secondary N) is 1. The van der Waals surface area contributed by atoms with Crippen molar-refractivity contribution in [1.29, 1.82) is 0 Å². The second-order valence-corrected chi connectivity index (χ2v) is 6.30. The van der Waals surface area contributed by atoms with Crippen molar-refractivity contribution in [2.24, 2.45) is 5.73 Å². The highest BCUT2D eigenvalue weighted by atomic mass is 32.2. The zero-order valence-corrected chi connectivity index (χ0v) is 10.6. The number of carbonyl (C=O) groups excluding carboxylic acids is 1. The monoisotopic (exact) mass is 290 g/mol. The van der Waals surface area contributed by atoms with Gasteiger partial charge in [-0.25, -0.2) is 8.42 Å². The Hall–Kier alpha value is -1.54. The maximum Gasteiger partial charge on any atom is 0.341 e. The van der Waals surface area contributed by atoms with Crippen molar-refractivity contribution in [2.45, 2.75) is 29.0 Å². The first kappa shape index (κ1) is 13.9. The number of halogens is 2. The van der Waals surface area contributed by atoms with Gasteiger partial charge < -0.3 is 11.1 Å². The van der Waals surface area contributed by atoms with Crippen LogP contribution >= 0.6 is 0 Å². The molecule has 104 valence electrons. The highest BCUT2D eigenvalue weighted by molar-refractivity contribution is 7.91. The molecule has 3 N–H and O–H groups in total. The maximum atomic E-state index is 12.5. The van der Waals surface area contributed by atoms with E-state index in [2.05, 4.69) is 5.32 Å². The Labute approximate surface area is 108 Å². The number of anilines is 1. The minimum atomic E-state index is -4.77. The molecule has 0 saturated heterocycles. The fraction of sp³-hybridized carbons (Fsp3) is 0.364. The van der Waals surface area contributed by atoms with E-state index in [0.717, 1.165) is 6.07 Å². The molecule has 5 nitrogen and oxygen atoms in total. The summed E-state index contributed by atoms with van der Waals surface area (Å²) in [6.45, 7) is 0. The Morgan fingerprint density at radius 3 is 2.42 bits per heavy atom. The number of amides is 1. The van der Waals surface area contributed by atoms with E-state index in [0.29, 0.717) is 12.8 Å². The van der Waals surface area contributed by atoms with Crippen LogP contribution in [0.3, 0.4) is 0 Å². The lowest BCUT2D eigenvalue weighted by atomic mass is 10.2. The standard InChI is InChI=1S/C11H12F2N2O3S/c12-10(13)19(17,18)8-4-2-1-3-7(8)15-9(16)11(14)5-6-11/h1-4,10H,5-6,14H2,(H,15,16). The third kappa shape index (κ3) is 2.59. The van der Waals surface area contributed by atoms with Gasteiger partial charge in [0.05, 0.1) is 16.1 Å². The molecule has 1 aromatic rings. The lowest BCUT2D eigenvalue weighted by Gasteiger charge is -2.13. The molecule has 0 bridgehead atoms. The Morgan fingerprint density at radius 1 is 1.32 bits per heavy atom. The van der Waals surface area contributed by atoms with Crippen molar-refractivity contribution in [3.8, 4) is 0 Å². The lowest BCUT2D eigenvalue weighted by molar-refractivity contribution is -0.118. The summed E-state index contributed by atoms with van der Waals surface area (Å²) >= 11 is 0. The van der Waals surface area contributed by atoms with Crippen molar-refractivity contribution >= 4 is 21.4 Å². The zero-order chi connectivity index (χ0) is 14.3. The van der Waals surface area contributed by atoms with E-state index in [-0.39, 0.29) is 5.69 Å². The van der Waals surface area contributed by atoms with Gasteiger partial charge in [-0.1, -0.05) is 12.1 Å². The van der Waals surface area contributed by atoms with Crippen molar-refractivity contribution < 1.29 is 22.0 Å². The van der Waals surface area contributed by atoms with Gasteiger partial charge in [-0.15, -0.1) is 0 Å². The van der Waals surface area contributed by atoms with E-state index in [1.807, 2.05) is 0 Å². The maximum absolute atomic E-state index is 12.5. The molecule has 0 spiro atoms. The van der Waals surface area contributed by atoms with Crippen molar-refractivity contribution in [2.75, 3.05) is 5.32 Å². The molecule has 1 amide bonds. The predicted octanol–water partition coefficient (Wildman–Crippen LogP) is 1.11. The summed E-state index contributed by atoms with van der Waals surface area (Å²) < 4.78 is 48.0. The zero-order valence-electron chi connectivity index (χ0n) is 9.77. The number of para-hydroxylation sites is 1. The molecule has 1 aliphatic carbocycles. The number of alkyl halides is 2. The molecule has 0 aromatic heterocycles. The molecule has 0 radical (unpaired) electrons. The first-order valence-electron chi connectivity index (χ1n) is 5.49. The van der Waals surface area contributed by atoms with Gasteiger partial charge in [0.1, 0.15) is 0 Å². The Bertz CT molecular complexity index is 612. The lowest BCUT2D eigenvalue weighted by Crippen LogP contribution is -2.38. The smallest absolute Gasteiger partial charge is 0.323 e. The number of benzene rings is 1. The molecule has 19 heavy (non-hydrogen) atoms. The molecule has 1 aromatic carbocycles. The first-order valence-corrected chi connectivity index (χ1v) is 7.03. The van der Waals surface area contributed by atoms with Crippen LogP contribution in [0, 0.1) is 0 Å². The third-order valence-electron chi connectivity index (χ3n) is 2.92. The number of hydrogen-bond donors (Lipinski definition) is 2. The van der Waals surface area contributed by atoms with Crippen LogP contribution < -0.4 is 11.1 Å². The Balaban J connectivity index is 2.34. The topological polar surface area (TPSA) is 89.3 Å². The fourth-order valence-electron chi connectivity index (χ4n) is 1.52. The van der Waals surface area contributed by atoms with Crippen LogP contribution in [0.4, 0.5) is 14.5 Å². The number of carbonyl (C=O) groups is 1. The van der Waals surface area contributed by atoms with Gasteiger partial charge in [0, 0.05) is 0 Å². The number of sulfone groups is 1. The van der Waals surface area contributed by atoms with E-state index >= 15 is 0 Å². The van der Waals surface area contributed by atoms with Gasteiger partial charge in [-0.05, 0) is 25.0 Å². The molecule has 0 aliphatic heterocycles. The second kappa shape index (κ2) is 4.53. The predicted molar refractivity (Wildman–Crippen MR) is 64.4 cm³/mol. The normalized spacial score (nSPS) is 17.3. The minimum Gasteiger partial charge on any atom is -0.323 e. The van der Waals surface area contributed by atoms with Crippen LogP contribution in [0.15, 0.2) is 29.2 Å². The quantitative estimate of drug-likeness (QED) is 0.869. The largest absolute Gasteiger partial charge is 0.341 e. The van der Waals surface area contributed by atoms with E-state index in [4.69, 9.17) is 5.73 Å². The fourth-order valence-corrected chi connectivity index (χ4v) is 2.41. The van der Waals surface area contributed by atoms with E-state index in [9.17, 15) is 22.0 Å². The van der Waals surface area contributed by atoms with Gasteiger partial charge in [0.2, 0.25) is 15.7 Å². The molecule has 2 rings (SSSR count). The Kier molecular flexibility index (Phi) is 3.31. The number of nitrogens with two attached hydrogens (primary N) is 1. The van der Waals surface area contributed by atoms with Crippen LogP contribution in [0.25, 0.3) is 0 Å².